The molecule has 0 amide bonds. The first-order chi connectivity index (χ1) is 6.11. The van der Waals surface area contributed by atoms with Crippen LogP contribution in [-0.2, 0) is 0 Å². The number of benzene rings is 1. The minimum atomic E-state index is -1.25. The zero-order valence-corrected chi connectivity index (χ0v) is 6.75. The average molecular weight is 183 g/mol. The standard InChI is InChI=1S/C8H9NO4/c10-7-4-2-1-3-6(7)8(11)5-9(12)13/h1-4,8,10-11H,5H2. The average Bonchev–Trinajstić information content (AvgIpc) is 2.03. The number of phenols is 1. The van der Waals surface area contributed by atoms with Crippen LogP contribution in [0.15, 0.2) is 24.3 Å². The van der Waals surface area contributed by atoms with Crippen LogP contribution in [0, 0.1) is 10.1 Å². The van der Waals surface area contributed by atoms with E-state index in [-0.39, 0.29) is 11.3 Å². The third kappa shape index (κ3) is 2.41. The molecule has 1 unspecified atom stereocenters. The van der Waals surface area contributed by atoms with Gasteiger partial charge in [0.05, 0.1) is 0 Å². The molecule has 1 aromatic rings. The Balaban J connectivity index is 2.82. The van der Waals surface area contributed by atoms with Crippen molar-refractivity contribution in [3.8, 4) is 5.75 Å². The maximum absolute atomic E-state index is 10.1. The van der Waals surface area contributed by atoms with Gasteiger partial charge in [-0.05, 0) is 6.07 Å². The van der Waals surface area contributed by atoms with Crippen LogP contribution in [0.25, 0.3) is 0 Å². The number of aliphatic hydroxyl groups is 1. The number of para-hydroxylation sites is 1. The fourth-order valence-corrected chi connectivity index (χ4v) is 1.01. The van der Waals surface area contributed by atoms with Crippen molar-refractivity contribution in [1.82, 2.24) is 0 Å². The fourth-order valence-electron chi connectivity index (χ4n) is 1.01. The van der Waals surface area contributed by atoms with E-state index in [9.17, 15) is 20.3 Å². The first-order valence-corrected chi connectivity index (χ1v) is 3.69. The molecule has 2 N–H and O–H groups in total. The molecule has 0 aliphatic rings. The number of hydrogen-bond donors (Lipinski definition) is 2. The highest BCUT2D eigenvalue weighted by atomic mass is 16.6. The van der Waals surface area contributed by atoms with Gasteiger partial charge in [-0.25, -0.2) is 0 Å². The molecule has 0 saturated carbocycles. The summed E-state index contributed by atoms with van der Waals surface area (Å²) in [5, 5.41) is 28.5. The van der Waals surface area contributed by atoms with E-state index in [1.54, 1.807) is 12.1 Å². The van der Waals surface area contributed by atoms with Crippen molar-refractivity contribution < 1.29 is 15.1 Å². The number of rotatable bonds is 3. The summed E-state index contributed by atoms with van der Waals surface area (Å²) in [6.07, 6.45) is -1.25. The van der Waals surface area contributed by atoms with Crippen LogP contribution in [0.2, 0.25) is 0 Å². The van der Waals surface area contributed by atoms with Crippen LogP contribution in [0.5, 0.6) is 5.75 Å². The first kappa shape index (κ1) is 9.47. The molecular weight excluding hydrogens is 174 g/mol. The third-order valence-electron chi connectivity index (χ3n) is 1.62. The lowest BCUT2D eigenvalue weighted by Crippen LogP contribution is -2.11. The topological polar surface area (TPSA) is 83.6 Å². The summed E-state index contributed by atoms with van der Waals surface area (Å²) in [6, 6.07) is 6.00. The molecule has 1 atom stereocenters. The fraction of sp³-hybridized carbons (Fsp3) is 0.250. The predicted molar refractivity (Wildman–Crippen MR) is 44.9 cm³/mol. The normalized spacial score (nSPS) is 12.4. The highest BCUT2D eigenvalue weighted by Gasteiger charge is 2.16. The van der Waals surface area contributed by atoms with Gasteiger partial charge in [-0.2, -0.15) is 0 Å². The predicted octanol–water partition coefficient (Wildman–Crippen LogP) is 0.702. The number of nitro groups is 1. The smallest absolute Gasteiger partial charge is 0.233 e. The molecule has 0 aromatic heterocycles. The summed E-state index contributed by atoms with van der Waals surface area (Å²) in [6.45, 7) is -0.600. The molecule has 13 heavy (non-hydrogen) atoms. The summed E-state index contributed by atoms with van der Waals surface area (Å²) >= 11 is 0. The van der Waals surface area contributed by atoms with Crippen molar-refractivity contribution in [2.24, 2.45) is 0 Å². The molecule has 5 heteroatoms. The van der Waals surface area contributed by atoms with E-state index < -0.39 is 17.6 Å². The lowest BCUT2D eigenvalue weighted by molar-refractivity contribution is -0.491. The van der Waals surface area contributed by atoms with Gasteiger partial charge < -0.3 is 10.2 Å². The quantitative estimate of drug-likeness (QED) is 0.533. The zero-order valence-electron chi connectivity index (χ0n) is 6.75. The highest BCUT2D eigenvalue weighted by Crippen LogP contribution is 2.23. The van der Waals surface area contributed by atoms with Crippen molar-refractivity contribution in [2.45, 2.75) is 6.10 Å². The maximum Gasteiger partial charge on any atom is 0.233 e. The molecule has 0 aliphatic heterocycles. The third-order valence-corrected chi connectivity index (χ3v) is 1.62. The van der Waals surface area contributed by atoms with Crippen molar-refractivity contribution in [2.75, 3.05) is 6.54 Å². The largest absolute Gasteiger partial charge is 0.508 e. The van der Waals surface area contributed by atoms with Crippen LogP contribution in [0.3, 0.4) is 0 Å². The van der Waals surface area contributed by atoms with Gasteiger partial charge >= 0.3 is 0 Å². The van der Waals surface area contributed by atoms with Gasteiger partial charge in [-0.1, -0.05) is 18.2 Å². The van der Waals surface area contributed by atoms with E-state index in [1.807, 2.05) is 0 Å². The van der Waals surface area contributed by atoms with Gasteiger partial charge in [0.15, 0.2) is 0 Å². The van der Waals surface area contributed by atoms with Crippen molar-refractivity contribution in [1.29, 1.82) is 0 Å². The van der Waals surface area contributed by atoms with E-state index in [0.29, 0.717) is 0 Å². The number of hydrogen-bond acceptors (Lipinski definition) is 4. The van der Waals surface area contributed by atoms with Crippen LogP contribution >= 0.6 is 0 Å². The molecule has 0 radical (unpaired) electrons. The van der Waals surface area contributed by atoms with E-state index in [4.69, 9.17) is 0 Å². The van der Waals surface area contributed by atoms with Crippen molar-refractivity contribution >= 4 is 0 Å². The van der Waals surface area contributed by atoms with E-state index >= 15 is 0 Å². The minimum Gasteiger partial charge on any atom is -0.508 e. The Morgan fingerprint density at radius 1 is 1.46 bits per heavy atom. The molecule has 0 spiro atoms. The zero-order chi connectivity index (χ0) is 9.84. The van der Waals surface area contributed by atoms with E-state index in [1.165, 1.54) is 12.1 Å². The Hall–Kier alpha value is -1.62. The van der Waals surface area contributed by atoms with Crippen molar-refractivity contribution in [3.05, 3.63) is 39.9 Å². The lowest BCUT2D eigenvalue weighted by atomic mass is 10.1. The molecule has 0 heterocycles. The van der Waals surface area contributed by atoms with Crippen LogP contribution in [-0.4, -0.2) is 21.7 Å². The summed E-state index contributed by atoms with van der Waals surface area (Å²) in [5.74, 6) is -0.128. The molecular formula is C8H9NO4. The second-order valence-corrected chi connectivity index (χ2v) is 2.59. The van der Waals surface area contributed by atoms with Gasteiger partial charge in [0.2, 0.25) is 6.54 Å². The Labute approximate surface area is 74.4 Å². The molecule has 70 valence electrons. The summed E-state index contributed by atoms with van der Waals surface area (Å²) in [4.78, 5) is 9.43. The Morgan fingerprint density at radius 2 is 2.08 bits per heavy atom. The lowest BCUT2D eigenvalue weighted by Gasteiger charge is -2.07. The van der Waals surface area contributed by atoms with Gasteiger partial charge in [0.1, 0.15) is 11.9 Å². The molecule has 1 aromatic carbocycles. The number of aromatic hydroxyl groups is 1. The molecule has 1 rings (SSSR count). The van der Waals surface area contributed by atoms with Gasteiger partial charge in [-0.3, -0.25) is 10.1 Å². The summed E-state index contributed by atoms with van der Waals surface area (Å²) < 4.78 is 0. The summed E-state index contributed by atoms with van der Waals surface area (Å²) in [7, 11) is 0. The van der Waals surface area contributed by atoms with Crippen molar-refractivity contribution in [3.63, 3.8) is 0 Å². The van der Waals surface area contributed by atoms with Gasteiger partial charge in [0.25, 0.3) is 0 Å². The Bertz CT molecular complexity index is 313. The minimum absolute atomic E-state index is 0.128. The summed E-state index contributed by atoms with van der Waals surface area (Å²) in [5.41, 5.74) is 0.180. The van der Waals surface area contributed by atoms with E-state index in [0.717, 1.165) is 0 Å². The van der Waals surface area contributed by atoms with E-state index in [2.05, 4.69) is 0 Å². The SMILES string of the molecule is O=[N+]([O-])CC(O)c1ccccc1O. The monoisotopic (exact) mass is 183 g/mol. The highest BCUT2D eigenvalue weighted by molar-refractivity contribution is 5.33. The van der Waals surface area contributed by atoms with Gasteiger partial charge in [-0.15, -0.1) is 0 Å². The number of aliphatic hydroxyl groups excluding tert-OH is 1. The maximum atomic E-state index is 10.1. The Kier molecular flexibility index (Phi) is 2.81. The van der Waals surface area contributed by atoms with Crippen LogP contribution in [0.1, 0.15) is 11.7 Å². The second-order valence-electron chi connectivity index (χ2n) is 2.59. The molecule has 0 fully saturated rings. The Morgan fingerprint density at radius 3 is 2.62 bits per heavy atom. The van der Waals surface area contributed by atoms with Crippen LogP contribution in [0.4, 0.5) is 0 Å². The first-order valence-electron chi connectivity index (χ1n) is 3.69. The number of phenolic OH excluding ortho intramolecular Hbond substituents is 1. The molecule has 0 bridgehead atoms. The molecule has 0 saturated heterocycles. The number of nitrogens with zero attached hydrogens (tertiary/aromatic N) is 1. The molecule has 5 nitrogen and oxygen atoms in total. The second kappa shape index (κ2) is 3.86. The van der Waals surface area contributed by atoms with Gasteiger partial charge in [0, 0.05) is 10.5 Å². The van der Waals surface area contributed by atoms with Crippen LogP contribution < -0.4 is 0 Å². The molecule has 0 aliphatic carbocycles.